The van der Waals surface area contributed by atoms with E-state index < -0.39 is 0 Å². The third kappa shape index (κ3) is 2.89. The second-order valence-electron chi connectivity index (χ2n) is 4.26. The molecule has 2 aromatic rings. The van der Waals surface area contributed by atoms with Gasteiger partial charge >= 0.3 is 0 Å². The van der Waals surface area contributed by atoms with Gasteiger partial charge in [0.2, 0.25) is 0 Å². The molecule has 0 radical (unpaired) electrons. The van der Waals surface area contributed by atoms with Crippen LogP contribution in [0.1, 0.15) is 24.1 Å². The Hall–Kier alpha value is -1.39. The molecule has 1 aromatic carbocycles. The lowest BCUT2D eigenvalue weighted by atomic mass is 10.1. The predicted octanol–water partition coefficient (Wildman–Crippen LogP) is 3.06. The highest BCUT2D eigenvalue weighted by Crippen LogP contribution is 2.25. The number of nitrogens with zero attached hydrogens (tertiary/aromatic N) is 2. The summed E-state index contributed by atoms with van der Waals surface area (Å²) in [5.74, 6) is -0.284. The third-order valence-electron chi connectivity index (χ3n) is 2.80. The molecular weight excluding hydrogens is 253 g/mol. The van der Waals surface area contributed by atoms with E-state index in [4.69, 9.17) is 11.6 Å². The Morgan fingerprint density at radius 1 is 1.50 bits per heavy atom. The van der Waals surface area contributed by atoms with Crippen LogP contribution in [0, 0.1) is 5.82 Å². The van der Waals surface area contributed by atoms with E-state index >= 15 is 0 Å². The van der Waals surface area contributed by atoms with Crippen molar-refractivity contribution in [2.45, 2.75) is 19.5 Å². The summed E-state index contributed by atoms with van der Waals surface area (Å²) in [5, 5.41) is 7.76. The first-order valence-corrected chi connectivity index (χ1v) is 6.10. The van der Waals surface area contributed by atoms with Crippen molar-refractivity contribution in [3.8, 4) is 0 Å². The van der Waals surface area contributed by atoms with Crippen molar-refractivity contribution >= 4 is 11.6 Å². The second-order valence-corrected chi connectivity index (χ2v) is 4.67. The molecule has 0 aliphatic heterocycles. The average molecular weight is 268 g/mol. The van der Waals surface area contributed by atoms with E-state index in [1.54, 1.807) is 23.0 Å². The molecule has 0 amide bonds. The molecule has 0 spiro atoms. The number of hydrogen-bond donors (Lipinski definition) is 1. The Kier molecular flexibility index (Phi) is 3.99. The summed E-state index contributed by atoms with van der Waals surface area (Å²) in [4.78, 5) is 0. The van der Waals surface area contributed by atoms with Crippen LogP contribution >= 0.6 is 11.6 Å². The van der Waals surface area contributed by atoms with Crippen molar-refractivity contribution in [3.05, 3.63) is 52.6 Å². The third-order valence-corrected chi connectivity index (χ3v) is 3.13. The Bertz CT molecular complexity index is 519. The van der Waals surface area contributed by atoms with E-state index in [9.17, 15) is 4.39 Å². The van der Waals surface area contributed by atoms with Gasteiger partial charge in [-0.05, 0) is 19.1 Å². The van der Waals surface area contributed by atoms with Crippen LogP contribution in [0.3, 0.4) is 0 Å². The van der Waals surface area contributed by atoms with Gasteiger partial charge in [0, 0.05) is 42.0 Å². The van der Waals surface area contributed by atoms with Gasteiger partial charge in [-0.25, -0.2) is 4.39 Å². The molecule has 3 nitrogen and oxygen atoms in total. The maximum atomic E-state index is 13.7. The standard InChI is InChI=1S/C13H15ClFN3/c1-9(13-11(14)4-3-5-12(13)15)16-6-10-7-17-18(2)8-10/h3-5,7-9,16H,6H2,1-2H3. The highest BCUT2D eigenvalue weighted by molar-refractivity contribution is 6.31. The Morgan fingerprint density at radius 2 is 2.28 bits per heavy atom. The fourth-order valence-corrected chi connectivity index (χ4v) is 2.19. The summed E-state index contributed by atoms with van der Waals surface area (Å²) in [7, 11) is 1.86. The van der Waals surface area contributed by atoms with Gasteiger partial charge in [0.05, 0.1) is 6.20 Å². The van der Waals surface area contributed by atoms with E-state index in [1.165, 1.54) is 6.07 Å². The van der Waals surface area contributed by atoms with Gasteiger partial charge in [0.15, 0.2) is 0 Å². The number of rotatable bonds is 4. The minimum absolute atomic E-state index is 0.154. The van der Waals surface area contributed by atoms with Crippen molar-refractivity contribution in [2.75, 3.05) is 0 Å². The monoisotopic (exact) mass is 267 g/mol. The molecular formula is C13H15ClFN3. The van der Waals surface area contributed by atoms with E-state index in [0.717, 1.165) is 5.56 Å². The van der Waals surface area contributed by atoms with Gasteiger partial charge in [0.25, 0.3) is 0 Å². The van der Waals surface area contributed by atoms with Crippen LogP contribution in [0.5, 0.6) is 0 Å². The molecule has 1 N–H and O–H groups in total. The van der Waals surface area contributed by atoms with Crippen LogP contribution in [-0.4, -0.2) is 9.78 Å². The summed E-state index contributed by atoms with van der Waals surface area (Å²) >= 11 is 6.01. The Labute approximate surface area is 111 Å². The molecule has 96 valence electrons. The van der Waals surface area contributed by atoms with Gasteiger partial charge in [0.1, 0.15) is 5.82 Å². The molecule has 1 aromatic heterocycles. The first-order valence-electron chi connectivity index (χ1n) is 5.72. The Balaban J connectivity index is 2.06. The molecule has 0 bridgehead atoms. The highest BCUT2D eigenvalue weighted by Gasteiger charge is 2.14. The quantitative estimate of drug-likeness (QED) is 0.923. The van der Waals surface area contributed by atoms with E-state index in [0.29, 0.717) is 17.1 Å². The molecule has 1 heterocycles. The maximum absolute atomic E-state index is 13.7. The van der Waals surface area contributed by atoms with Crippen LogP contribution < -0.4 is 5.32 Å². The van der Waals surface area contributed by atoms with Crippen molar-refractivity contribution < 1.29 is 4.39 Å². The van der Waals surface area contributed by atoms with Gasteiger partial charge in [-0.1, -0.05) is 17.7 Å². The largest absolute Gasteiger partial charge is 0.306 e. The maximum Gasteiger partial charge on any atom is 0.129 e. The number of nitrogens with one attached hydrogen (secondary N) is 1. The van der Waals surface area contributed by atoms with Gasteiger partial charge < -0.3 is 5.32 Å². The van der Waals surface area contributed by atoms with E-state index in [1.807, 2.05) is 20.2 Å². The minimum atomic E-state index is -0.284. The predicted molar refractivity (Wildman–Crippen MR) is 69.9 cm³/mol. The molecule has 1 unspecified atom stereocenters. The molecule has 2 rings (SSSR count). The van der Waals surface area contributed by atoms with Crippen LogP contribution in [0.15, 0.2) is 30.6 Å². The lowest BCUT2D eigenvalue weighted by Gasteiger charge is -2.15. The summed E-state index contributed by atoms with van der Waals surface area (Å²) in [6, 6.07) is 4.57. The van der Waals surface area contributed by atoms with Crippen LogP contribution in [0.2, 0.25) is 5.02 Å². The smallest absolute Gasteiger partial charge is 0.129 e. The van der Waals surface area contributed by atoms with E-state index in [-0.39, 0.29) is 11.9 Å². The van der Waals surface area contributed by atoms with Gasteiger partial charge in [-0.15, -0.1) is 0 Å². The van der Waals surface area contributed by atoms with Crippen molar-refractivity contribution in [1.29, 1.82) is 0 Å². The van der Waals surface area contributed by atoms with Gasteiger partial charge in [-0.2, -0.15) is 5.10 Å². The molecule has 18 heavy (non-hydrogen) atoms. The summed E-state index contributed by atoms with van der Waals surface area (Å²) in [5.41, 5.74) is 1.56. The normalized spacial score (nSPS) is 12.7. The summed E-state index contributed by atoms with van der Waals surface area (Å²) in [6.07, 6.45) is 3.70. The first kappa shape index (κ1) is 13.1. The molecule has 0 fully saturated rings. The molecule has 5 heteroatoms. The molecule has 1 atom stereocenters. The lowest BCUT2D eigenvalue weighted by molar-refractivity contribution is 0.528. The van der Waals surface area contributed by atoms with Crippen molar-refractivity contribution in [1.82, 2.24) is 15.1 Å². The van der Waals surface area contributed by atoms with Gasteiger partial charge in [-0.3, -0.25) is 4.68 Å². The zero-order chi connectivity index (χ0) is 13.1. The zero-order valence-corrected chi connectivity index (χ0v) is 11.1. The number of aryl methyl sites for hydroxylation is 1. The number of halogens is 2. The SMILES string of the molecule is CC(NCc1cnn(C)c1)c1c(F)cccc1Cl. The lowest BCUT2D eigenvalue weighted by Crippen LogP contribution is -2.19. The molecule has 0 aliphatic rings. The topological polar surface area (TPSA) is 29.9 Å². The molecule has 0 aliphatic carbocycles. The number of hydrogen-bond acceptors (Lipinski definition) is 2. The minimum Gasteiger partial charge on any atom is -0.306 e. The van der Waals surface area contributed by atoms with Crippen LogP contribution in [0.25, 0.3) is 0 Å². The van der Waals surface area contributed by atoms with Crippen LogP contribution in [0.4, 0.5) is 4.39 Å². The average Bonchev–Trinajstić information content (AvgIpc) is 2.72. The van der Waals surface area contributed by atoms with Crippen molar-refractivity contribution in [3.63, 3.8) is 0 Å². The number of benzene rings is 1. The van der Waals surface area contributed by atoms with E-state index in [2.05, 4.69) is 10.4 Å². The molecule has 0 saturated heterocycles. The number of aromatic nitrogens is 2. The van der Waals surface area contributed by atoms with Crippen LogP contribution in [-0.2, 0) is 13.6 Å². The fraction of sp³-hybridized carbons (Fsp3) is 0.308. The summed E-state index contributed by atoms with van der Waals surface area (Å²) in [6.45, 7) is 2.51. The second kappa shape index (κ2) is 5.50. The Morgan fingerprint density at radius 3 is 2.89 bits per heavy atom. The summed E-state index contributed by atoms with van der Waals surface area (Å²) < 4.78 is 15.4. The fourth-order valence-electron chi connectivity index (χ4n) is 1.86. The molecule has 0 saturated carbocycles. The highest BCUT2D eigenvalue weighted by atomic mass is 35.5. The zero-order valence-electron chi connectivity index (χ0n) is 10.3. The first-order chi connectivity index (χ1) is 8.58. The van der Waals surface area contributed by atoms with Crippen molar-refractivity contribution in [2.24, 2.45) is 7.05 Å².